The lowest BCUT2D eigenvalue weighted by Gasteiger charge is -2.09. The number of hydrogen-bond donors (Lipinski definition) is 0. The van der Waals surface area contributed by atoms with Gasteiger partial charge in [-0.2, -0.15) is 0 Å². The Morgan fingerprint density at radius 1 is 1.00 bits per heavy atom. The van der Waals surface area contributed by atoms with Crippen molar-refractivity contribution in [3.63, 3.8) is 0 Å². The molecule has 0 radical (unpaired) electrons. The molecule has 3 aromatic rings. The lowest BCUT2D eigenvalue weighted by atomic mass is 10.0. The standard InChI is InChI=1S/C18H14ClNO/c1-11-7-8-13(9-12(11)2)17-10-15(18(19)21)14-5-3-4-6-16(14)20-17/h3-10H,1-2H3. The zero-order valence-electron chi connectivity index (χ0n) is 11.9. The molecule has 2 nitrogen and oxygen atoms in total. The minimum absolute atomic E-state index is 0.460. The fraction of sp³-hybridized carbons (Fsp3) is 0.111. The van der Waals surface area contributed by atoms with Crippen LogP contribution in [0.5, 0.6) is 0 Å². The van der Waals surface area contributed by atoms with E-state index in [9.17, 15) is 4.79 Å². The number of carbonyl (C=O) groups is 1. The van der Waals surface area contributed by atoms with E-state index in [2.05, 4.69) is 31.0 Å². The molecule has 0 saturated carbocycles. The minimum atomic E-state index is -0.460. The van der Waals surface area contributed by atoms with Crippen LogP contribution in [-0.2, 0) is 0 Å². The molecule has 0 spiro atoms. The molecule has 1 aromatic heterocycles. The van der Waals surface area contributed by atoms with Crippen LogP contribution in [0.2, 0.25) is 0 Å². The highest BCUT2D eigenvalue weighted by Crippen LogP contribution is 2.27. The summed E-state index contributed by atoms with van der Waals surface area (Å²) in [7, 11) is 0. The van der Waals surface area contributed by atoms with Gasteiger partial charge in [0.05, 0.1) is 11.2 Å². The van der Waals surface area contributed by atoms with Crippen molar-refractivity contribution in [3.05, 3.63) is 65.2 Å². The number of para-hydroxylation sites is 1. The number of rotatable bonds is 2. The zero-order chi connectivity index (χ0) is 15.0. The van der Waals surface area contributed by atoms with Crippen LogP contribution in [0.3, 0.4) is 0 Å². The summed E-state index contributed by atoms with van der Waals surface area (Å²) in [5.41, 5.74) is 5.45. The molecular weight excluding hydrogens is 282 g/mol. The van der Waals surface area contributed by atoms with Gasteiger partial charge >= 0.3 is 0 Å². The summed E-state index contributed by atoms with van der Waals surface area (Å²) < 4.78 is 0. The zero-order valence-corrected chi connectivity index (χ0v) is 12.6. The van der Waals surface area contributed by atoms with Gasteiger partial charge in [-0.25, -0.2) is 4.98 Å². The third-order valence-electron chi connectivity index (χ3n) is 3.73. The summed E-state index contributed by atoms with van der Waals surface area (Å²) in [5.74, 6) is 0. The monoisotopic (exact) mass is 295 g/mol. The molecule has 0 aliphatic heterocycles. The number of aryl methyl sites for hydroxylation is 2. The van der Waals surface area contributed by atoms with E-state index in [0.29, 0.717) is 5.56 Å². The Bertz CT molecular complexity index is 855. The van der Waals surface area contributed by atoms with Gasteiger partial charge < -0.3 is 0 Å². The number of fused-ring (bicyclic) bond motifs is 1. The molecule has 3 heteroatoms. The number of aromatic nitrogens is 1. The van der Waals surface area contributed by atoms with E-state index in [-0.39, 0.29) is 0 Å². The van der Waals surface area contributed by atoms with Gasteiger partial charge in [-0.15, -0.1) is 0 Å². The average molecular weight is 296 g/mol. The van der Waals surface area contributed by atoms with E-state index in [1.54, 1.807) is 6.07 Å². The molecule has 0 aliphatic carbocycles. The Balaban J connectivity index is 2.28. The Labute approximate surface area is 128 Å². The van der Waals surface area contributed by atoms with Gasteiger partial charge in [-0.05, 0) is 54.8 Å². The molecule has 3 rings (SSSR count). The van der Waals surface area contributed by atoms with E-state index in [1.807, 2.05) is 30.3 Å². The van der Waals surface area contributed by atoms with Crippen LogP contribution < -0.4 is 0 Å². The van der Waals surface area contributed by atoms with Crippen molar-refractivity contribution >= 4 is 27.7 Å². The summed E-state index contributed by atoms with van der Waals surface area (Å²) in [5, 5.41) is 0.323. The van der Waals surface area contributed by atoms with Crippen molar-refractivity contribution in [2.75, 3.05) is 0 Å². The van der Waals surface area contributed by atoms with Gasteiger partial charge in [0.25, 0.3) is 5.24 Å². The summed E-state index contributed by atoms with van der Waals surface area (Å²) in [6.07, 6.45) is 0. The molecule has 21 heavy (non-hydrogen) atoms. The van der Waals surface area contributed by atoms with Gasteiger partial charge in [0, 0.05) is 16.5 Å². The van der Waals surface area contributed by atoms with Gasteiger partial charge in [0.15, 0.2) is 0 Å². The molecule has 0 amide bonds. The van der Waals surface area contributed by atoms with Crippen molar-refractivity contribution in [2.24, 2.45) is 0 Å². The van der Waals surface area contributed by atoms with Crippen LogP contribution in [0.1, 0.15) is 21.5 Å². The normalized spacial score (nSPS) is 10.8. The molecule has 2 aromatic carbocycles. The summed E-state index contributed by atoms with van der Waals surface area (Å²) >= 11 is 5.73. The van der Waals surface area contributed by atoms with Crippen LogP contribution in [-0.4, -0.2) is 10.2 Å². The molecule has 0 aliphatic rings. The maximum atomic E-state index is 11.7. The lowest BCUT2D eigenvalue weighted by molar-refractivity contribution is 0.108. The maximum absolute atomic E-state index is 11.7. The maximum Gasteiger partial charge on any atom is 0.253 e. The SMILES string of the molecule is Cc1ccc(-c2cc(C(=O)Cl)c3ccccc3n2)cc1C. The number of halogens is 1. The molecule has 0 unspecified atom stereocenters. The van der Waals surface area contributed by atoms with Crippen LogP contribution in [0.25, 0.3) is 22.2 Å². The molecular formula is C18H14ClNO. The number of nitrogens with zero attached hydrogens (tertiary/aromatic N) is 1. The predicted molar refractivity (Wildman–Crippen MR) is 86.8 cm³/mol. The van der Waals surface area contributed by atoms with E-state index in [4.69, 9.17) is 11.6 Å². The lowest BCUT2D eigenvalue weighted by Crippen LogP contribution is -1.96. The van der Waals surface area contributed by atoms with Crippen molar-refractivity contribution < 1.29 is 4.79 Å². The fourth-order valence-electron chi connectivity index (χ4n) is 2.39. The van der Waals surface area contributed by atoms with Gasteiger partial charge in [-0.3, -0.25) is 4.79 Å². The van der Waals surface area contributed by atoms with Crippen LogP contribution in [0.4, 0.5) is 0 Å². The van der Waals surface area contributed by atoms with Crippen LogP contribution in [0, 0.1) is 13.8 Å². The molecule has 1 heterocycles. The molecule has 0 saturated heterocycles. The highest BCUT2D eigenvalue weighted by Gasteiger charge is 2.12. The Morgan fingerprint density at radius 2 is 1.76 bits per heavy atom. The first kappa shape index (κ1) is 13.8. The quantitative estimate of drug-likeness (QED) is 0.630. The van der Waals surface area contributed by atoms with Crippen LogP contribution in [0.15, 0.2) is 48.5 Å². The Morgan fingerprint density at radius 3 is 2.48 bits per heavy atom. The number of carbonyl (C=O) groups excluding carboxylic acids is 1. The van der Waals surface area contributed by atoms with Gasteiger partial charge in [0.1, 0.15) is 0 Å². The molecule has 104 valence electrons. The largest absolute Gasteiger partial charge is 0.276 e. The van der Waals surface area contributed by atoms with Crippen LogP contribution >= 0.6 is 11.6 Å². The number of benzene rings is 2. The fourth-order valence-corrected chi connectivity index (χ4v) is 2.54. The summed E-state index contributed by atoms with van der Waals surface area (Å²) in [6, 6.07) is 15.5. The summed E-state index contributed by atoms with van der Waals surface area (Å²) in [6.45, 7) is 4.13. The second-order valence-electron chi connectivity index (χ2n) is 5.14. The minimum Gasteiger partial charge on any atom is -0.276 e. The van der Waals surface area contributed by atoms with Crippen molar-refractivity contribution in [3.8, 4) is 11.3 Å². The van der Waals surface area contributed by atoms with Crippen molar-refractivity contribution in [1.29, 1.82) is 0 Å². The molecule has 0 atom stereocenters. The first-order chi connectivity index (χ1) is 10.1. The van der Waals surface area contributed by atoms with Crippen molar-refractivity contribution in [1.82, 2.24) is 4.98 Å². The van der Waals surface area contributed by atoms with E-state index >= 15 is 0 Å². The second-order valence-corrected chi connectivity index (χ2v) is 5.49. The van der Waals surface area contributed by atoms with Crippen molar-refractivity contribution in [2.45, 2.75) is 13.8 Å². The van der Waals surface area contributed by atoms with E-state index in [1.165, 1.54) is 11.1 Å². The highest BCUT2D eigenvalue weighted by molar-refractivity contribution is 6.68. The average Bonchev–Trinajstić information content (AvgIpc) is 2.48. The Kier molecular flexibility index (Phi) is 3.48. The first-order valence-corrected chi connectivity index (χ1v) is 7.11. The highest BCUT2D eigenvalue weighted by atomic mass is 35.5. The third-order valence-corrected chi connectivity index (χ3v) is 3.93. The first-order valence-electron chi connectivity index (χ1n) is 6.73. The van der Waals surface area contributed by atoms with Gasteiger partial charge in [0.2, 0.25) is 0 Å². The number of hydrogen-bond acceptors (Lipinski definition) is 2. The second kappa shape index (κ2) is 5.30. The third kappa shape index (κ3) is 2.55. The van der Waals surface area contributed by atoms with E-state index in [0.717, 1.165) is 22.2 Å². The Hall–Kier alpha value is -2.19. The summed E-state index contributed by atoms with van der Waals surface area (Å²) in [4.78, 5) is 16.4. The molecule has 0 N–H and O–H groups in total. The molecule has 0 fully saturated rings. The number of pyridine rings is 1. The predicted octanol–water partition coefficient (Wildman–Crippen LogP) is 4.90. The smallest absolute Gasteiger partial charge is 0.253 e. The van der Waals surface area contributed by atoms with E-state index < -0.39 is 5.24 Å². The van der Waals surface area contributed by atoms with Gasteiger partial charge in [-0.1, -0.05) is 30.3 Å². The topological polar surface area (TPSA) is 30.0 Å². The molecule has 0 bridgehead atoms.